The summed E-state index contributed by atoms with van der Waals surface area (Å²) in [4.78, 5) is 33.0. The van der Waals surface area contributed by atoms with Gasteiger partial charge in [-0.05, 0) is 43.2 Å². The number of hydrogen-bond donors (Lipinski definition) is 1. The Morgan fingerprint density at radius 2 is 1.81 bits per heavy atom. The van der Waals surface area contributed by atoms with Crippen LogP contribution in [-0.4, -0.2) is 47.9 Å². The van der Waals surface area contributed by atoms with Crippen LogP contribution in [0.1, 0.15) is 28.1 Å². The molecule has 0 unspecified atom stereocenters. The van der Waals surface area contributed by atoms with Gasteiger partial charge in [0.05, 0.1) is 18.1 Å². The molecule has 7 nitrogen and oxygen atoms in total. The number of anilines is 2. The molecule has 0 atom stereocenters. The fourth-order valence-corrected chi connectivity index (χ4v) is 3.58. The van der Waals surface area contributed by atoms with Gasteiger partial charge in [0, 0.05) is 32.6 Å². The summed E-state index contributed by atoms with van der Waals surface area (Å²) in [5.74, 6) is 1.10. The molecule has 1 aliphatic rings. The van der Waals surface area contributed by atoms with E-state index in [4.69, 9.17) is 4.42 Å². The van der Waals surface area contributed by atoms with Gasteiger partial charge in [-0.15, -0.1) is 0 Å². The topological polar surface area (TPSA) is 78.7 Å². The zero-order chi connectivity index (χ0) is 21.6. The Bertz CT molecular complexity index is 1010. The molecule has 1 aliphatic heterocycles. The first-order valence-electron chi connectivity index (χ1n) is 10.5. The highest BCUT2D eigenvalue weighted by atomic mass is 16.3. The zero-order valence-electron chi connectivity index (χ0n) is 17.6. The quantitative estimate of drug-likeness (QED) is 0.663. The summed E-state index contributed by atoms with van der Waals surface area (Å²) in [5, 5.41) is 2.91. The van der Waals surface area contributed by atoms with Gasteiger partial charge in [0.1, 0.15) is 5.82 Å². The molecule has 1 N–H and O–H groups in total. The number of rotatable bonds is 6. The molecule has 0 radical (unpaired) electrons. The van der Waals surface area contributed by atoms with E-state index in [0.29, 0.717) is 50.5 Å². The summed E-state index contributed by atoms with van der Waals surface area (Å²) in [5.41, 5.74) is 3.05. The Morgan fingerprint density at radius 3 is 2.45 bits per heavy atom. The van der Waals surface area contributed by atoms with E-state index in [9.17, 15) is 9.59 Å². The van der Waals surface area contributed by atoms with E-state index in [1.54, 1.807) is 23.2 Å². The predicted molar refractivity (Wildman–Crippen MR) is 119 cm³/mol. The molecule has 1 aromatic carbocycles. The van der Waals surface area contributed by atoms with Crippen molar-refractivity contribution in [3.63, 3.8) is 0 Å². The maximum absolute atomic E-state index is 12.4. The number of pyridine rings is 1. The van der Waals surface area contributed by atoms with Crippen molar-refractivity contribution < 1.29 is 14.0 Å². The molecule has 31 heavy (non-hydrogen) atoms. The second-order valence-corrected chi connectivity index (χ2v) is 7.70. The van der Waals surface area contributed by atoms with Crippen LogP contribution in [0.3, 0.4) is 0 Å². The number of carbonyl (C=O) groups excluding carboxylic acids is 2. The Hall–Kier alpha value is -3.61. The summed E-state index contributed by atoms with van der Waals surface area (Å²) < 4.78 is 5.20. The molecule has 2 aromatic heterocycles. The van der Waals surface area contributed by atoms with Gasteiger partial charge in [0.2, 0.25) is 5.91 Å². The van der Waals surface area contributed by atoms with Gasteiger partial charge in [-0.1, -0.05) is 29.8 Å². The first-order valence-corrected chi connectivity index (χ1v) is 10.5. The second kappa shape index (κ2) is 9.47. The molecule has 160 valence electrons. The maximum atomic E-state index is 12.4. The predicted octanol–water partition coefficient (Wildman–Crippen LogP) is 3.52. The Morgan fingerprint density at radius 1 is 1.03 bits per heavy atom. The molecular formula is C24H26N4O3. The fourth-order valence-electron chi connectivity index (χ4n) is 3.58. The van der Waals surface area contributed by atoms with E-state index in [0.717, 1.165) is 11.4 Å². The molecule has 0 bridgehead atoms. The lowest BCUT2D eigenvalue weighted by Crippen LogP contribution is -2.49. The lowest BCUT2D eigenvalue weighted by molar-refractivity contribution is -0.116. The van der Waals surface area contributed by atoms with Crippen molar-refractivity contribution in [2.45, 2.75) is 19.8 Å². The summed E-state index contributed by atoms with van der Waals surface area (Å²) in [6.07, 6.45) is 4.32. The number of aromatic nitrogens is 1. The number of hydrogen-bond acceptors (Lipinski definition) is 5. The SMILES string of the molecule is Cc1ccc(CCC(=O)Nc2ccc(N3CCN(C(=O)c4ccco4)CC3)nc2)cc1. The third-order valence-electron chi connectivity index (χ3n) is 5.42. The molecule has 1 fully saturated rings. The number of amides is 2. The Balaban J connectivity index is 1.25. The average Bonchev–Trinajstić information content (AvgIpc) is 3.34. The average molecular weight is 418 g/mol. The van der Waals surface area contributed by atoms with E-state index in [1.165, 1.54) is 11.8 Å². The molecule has 7 heteroatoms. The van der Waals surface area contributed by atoms with Crippen LogP contribution in [0.2, 0.25) is 0 Å². The van der Waals surface area contributed by atoms with Crippen LogP contribution in [0.4, 0.5) is 11.5 Å². The standard InChI is InChI=1S/C24H26N4O3/c1-18-4-6-19(7-5-18)8-11-23(29)26-20-9-10-22(25-17-20)27-12-14-28(15-13-27)24(30)21-3-2-16-31-21/h2-7,9-10,16-17H,8,11-15H2,1H3,(H,26,29). The van der Waals surface area contributed by atoms with Gasteiger partial charge in [0.25, 0.3) is 5.91 Å². The lowest BCUT2D eigenvalue weighted by atomic mass is 10.1. The van der Waals surface area contributed by atoms with Gasteiger partial charge < -0.3 is 19.5 Å². The van der Waals surface area contributed by atoms with Gasteiger partial charge in [-0.25, -0.2) is 4.98 Å². The third-order valence-corrected chi connectivity index (χ3v) is 5.42. The number of benzene rings is 1. The van der Waals surface area contributed by atoms with Crippen LogP contribution in [0.15, 0.2) is 65.4 Å². The van der Waals surface area contributed by atoms with Crippen molar-refractivity contribution in [3.8, 4) is 0 Å². The minimum Gasteiger partial charge on any atom is -0.459 e. The normalized spacial score (nSPS) is 13.8. The summed E-state index contributed by atoms with van der Waals surface area (Å²) in [6.45, 7) is 4.66. The van der Waals surface area contributed by atoms with Crippen molar-refractivity contribution in [2.75, 3.05) is 36.4 Å². The zero-order valence-corrected chi connectivity index (χ0v) is 17.6. The largest absolute Gasteiger partial charge is 0.459 e. The summed E-state index contributed by atoms with van der Waals surface area (Å²) in [6, 6.07) is 15.4. The molecule has 0 aliphatic carbocycles. The molecule has 0 saturated carbocycles. The van der Waals surface area contributed by atoms with Gasteiger partial charge in [-0.2, -0.15) is 0 Å². The van der Waals surface area contributed by atoms with E-state index in [1.807, 2.05) is 19.1 Å². The maximum Gasteiger partial charge on any atom is 0.289 e. The molecular weight excluding hydrogens is 392 g/mol. The highest BCUT2D eigenvalue weighted by Crippen LogP contribution is 2.18. The Kier molecular flexibility index (Phi) is 6.31. The molecule has 0 spiro atoms. The molecule has 3 heterocycles. The number of furan rings is 1. The second-order valence-electron chi connectivity index (χ2n) is 7.70. The third kappa shape index (κ3) is 5.31. The van der Waals surface area contributed by atoms with Gasteiger partial charge >= 0.3 is 0 Å². The number of carbonyl (C=O) groups is 2. The minimum atomic E-state index is -0.0821. The number of nitrogens with one attached hydrogen (secondary N) is 1. The Labute approximate surface area is 181 Å². The van der Waals surface area contributed by atoms with Crippen LogP contribution < -0.4 is 10.2 Å². The van der Waals surface area contributed by atoms with Crippen molar-refractivity contribution in [3.05, 3.63) is 77.9 Å². The van der Waals surface area contributed by atoms with Gasteiger partial charge in [0.15, 0.2) is 5.76 Å². The van der Waals surface area contributed by atoms with Crippen molar-refractivity contribution in [1.82, 2.24) is 9.88 Å². The van der Waals surface area contributed by atoms with Crippen LogP contribution in [0.25, 0.3) is 0 Å². The van der Waals surface area contributed by atoms with Crippen LogP contribution in [0, 0.1) is 6.92 Å². The highest BCUT2D eigenvalue weighted by Gasteiger charge is 2.24. The molecule has 2 amide bonds. The molecule has 4 rings (SSSR count). The van der Waals surface area contributed by atoms with Crippen LogP contribution in [0.5, 0.6) is 0 Å². The van der Waals surface area contributed by atoms with E-state index < -0.39 is 0 Å². The number of nitrogens with zero attached hydrogens (tertiary/aromatic N) is 3. The number of piperazine rings is 1. The van der Waals surface area contributed by atoms with Gasteiger partial charge in [-0.3, -0.25) is 9.59 Å². The first kappa shape index (κ1) is 20.7. The summed E-state index contributed by atoms with van der Waals surface area (Å²) >= 11 is 0. The summed E-state index contributed by atoms with van der Waals surface area (Å²) in [7, 11) is 0. The number of aryl methyl sites for hydroxylation is 2. The van der Waals surface area contributed by atoms with Crippen LogP contribution in [-0.2, 0) is 11.2 Å². The highest BCUT2D eigenvalue weighted by molar-refractivity contribution is 5.92. The van der Waals surface area contributed by atoms with E-state index in [2.05, 4.69) is 39.5 Å². The van der Waals surface area contributed by atoms with Crippen LogP contribution >= 0.6 is 0 Å². The van der Waals surface area contributed by atoms with Crippen molar-refractivity contribution in [2.24, 2.45) is 0 Å². The minimum absolute atomic E-state index is 0.0276. The molecule has 3 aromatic rings. The first-order chi connectivity index (χ1) is 15.1. The van der Waals surface area contributed by atoms with Crippen molar-refractivity contribution in [1.29, 1.82) is 0 Å². The van der Waals surface area contributed by atoms with Crippen molar-refractivity contribution >= 4 is 23.3 Å². The monoisotopic (exact) mass is 418 g/mol. The fraction of sp³-hybridized carbons (Fsp3) is 0.292. The smallest absolute Gasteiger partial charge is 0.289 e. The lowest BCUT2D eigenvalue weighted by Gasteiger charge is -2.35. The molecule has 1 saturated heterocycles. The van der Waals surface area contributed by atoms with E-state index in [-0.39, 0.29) is 11.8 Å². The van der Waals surface area contributed by atoms with E-state index >= 15 is 0 Å².